The van der Waals surface area contributed by atoms with Crippen LogP contribution >= 0.6 is 0 Å². The van der Waals surface area contributed by atoms with Crippen molar-refractivity contribution in [1.29, 1.82) is 0 Å². The topological polar surface area (TPSA) is 96.7 Å². The zero-order valence-electron chi connectivity index (χ0n) is 8.01. The second kappa shape index (κ2) is 3.52. The molecule has 0 fully saturated rings. The highest BCUT2D eigenvalue weighted by atomic mass is 16.4. The lowest BCUT2D eigenvalue weighted by atomic mass is 10.3. The number of carboxylic acid groups (broad SMARTS) is 1. The minimum atomic E-state index is -1.06. The average Bonchev–Trinajstić information content (AvgIpc) is 2.85. The highest BCUT2D eigenvalue weighted by Crippen LogP contribution is 2.17. The third-order valence-corrected chi connectivity index (χ3v) is 2.02. The molecule has 7 heteroatoms. The van der Waals surface area contributed by atoms with Crippen molar-refractivity contribution in [2.45, 2.75) is 13.5 Å². The molecule has 2 aromatic rings. The van der Waals surface area contributed by atoms with E-state index in [0.717, 1.165) is 0 Å². The number of nitrogens with one attached hydrogen (secondary N) is 1. The van der Waals surface area contributed by atoms with Gasteiger partial charge in [0.1, 0.15) is 12.0 Å². The van der Waals surface area contributed by atoms with Crippen LogP contribution < -0.4 is 0 Å². The average molecular weight is 207 g/mol. The van der Waals surface area contributed by atoms with E-state index in [9.17, 15) is 4.79 Å². The lowest BCUT2D eigenvalue weighted by Crippen LogP contribution is -2.03. The lowest BCUT2D eigenvalue weighted by molar-refractivity contribution is 0.0692. The second-order valence-corrected chi connectivity index (χ2v) is 2.87. The largest absolute Gasteiger partial charge is 0.477 e. The molecule has 0 aliphatic heterocycles. The molecule has 78 valence electrons. The van der Waals surface area contributed by atoms with Crippen molar-refractivity contribution >= 4 is 5.97 Å². The van der Waals surface area contributed by atoms with Gasteiger partial charge in [0.25, 0.3) is 0 Å². The van der Waals surface area contributed by atoms with Gasteiger partial charge in [-0.3, -0.25) is 0 Å². The standard InChI is InChI=1S/C8H9N5O2/c1-2-13-4-11-12-7(13)5-6(8(14)15)10-3-9-5/h3-4H,2H2,1H3,(H,9,10)(H,14,15). The molecule has 2 heterocycles. The molecule has 2 aromatic heterocycles. The Morgan fingerprint density at radius 3 is 3.13 bits per heavy atom. The molecule has 0 spiro atoms. The van der Waals surface area contributed by atoms with E-state index in [1.165, 1.54) is 12.7 Å². The minimum Gasteiger partial charge on any atom is -0.477 e. The van der Waals surface area contributed by atoms with Crippen LogP contribution in [0.1, 0.15) is 17.4 Å². The van der Waals surface area contributed by atoms with Crippen LogP contribution in [-0.4, -0.2) is 35.8 Å². The van der Waals surface area contributed by atoms with E-state index >= 15 is 0 Å². The molecule has 0 aromatic carbocycles. The number of nitrogens with zero attached hydrogens (tertiary/aromatic N) is 4. The summed E-state index contributed by atoms with van der Waals surface area (Å²) in [4.78, 5) is 17.3. The summed E-state index contributed by atoms with van der Waals surface area (Å²) in [5.41, 5.74) is 0.333. The summed E-state index contributed by atoms with van der Waals surface area (Å²) in [7, 11) is 0. The number of carboxylic acids is 1. The quantitative estimate of drug-likeness (QED) is 0.758. The maximum absolute atomic E-state index is 10.8. The molecule has 0 unspecified atom stereocenters. The number of imidazole rings is 1. The fourth-order valence-electron chi connectivity index (χ4n) is 1.30. The number of carbonyl (C=O) groups is 1. The van der Waals surface area contributed by atoms with Crippen LogP contribution in [0.3, 0.4) is 0 Å². The van der Waals surface area contributed by atoms with Crippen molar-refractivity contribution in [2.75, 3.05) is 0 Å². The van der Waals surface area contributed by atoms with Crippen LogP contribution in [0.25, 0.3) is 11.5 Å². The summed E-state index contributed by atoms with van der Waals surface area (Å²) < 4.78 is 1.72. The van der Waals surface area contributed by atoms with Crippen molar-refractivity contribution < 1.29 is 9.90 Å². The summed E-state index contributed by atoms with van der Waals surface area (Å²) >= 11 is 0. The third kappa shape index (κ3) is 1.47. The Hall–Kier alpha value is -2.18. The van der Waals surface area contributed by atoms with Gasteiger partial charge < -0.3 is 14.7 Å². The van der Waals surface area contributed by atoms with Crippen molar-refractivity contribution in [3.8, 4) is 11.5 Å². The van der Waals surface area contributed by atoms with Crippen molar-refractivity contribution in [2.24, 2.45) is 0 Å². The SMILES string of the molecule is CCn1cnnc1-c1nc[nH]c1C(=O)O. The number of H-pyrrole nitrogens is 1. The smallest absolute Gasteiger partial charge is 0.354 e. The zero-order valence-corrected chi connectivity index (χ0v) is 8.01. The van der Waals surface area contributed by atoms with Gasteiger partial charge in [0.05, 0.1) is 6.33 Å². The Morgan fingerprint density at radius 2 is 2.47 bits per heavy atom. The Kier molecular flexibility index (Phi) is 2.20. The number of aromatic carboxylic acids is 1. The van der Waals surface area contributed by atoms with E-state index in [1.807, 2.05) is 6.92 Å². The molecule has 0 aliphatic carbocycles. The summed E-state index contributed by atoms with van der Waals surface area (Å²) in [5, 5.41) is 16.4. The van der Waals surface area contributed by atoms with E-state index in [1.54, 1.807) is 4.57 Å². The van der Waals surface area contributed by atoms with Crippen molar-refractivity contribution in [1.82, 2.24) is 24.7 Å². The summed E-state index contributed by atoms with van der Waals surface area (Å²) in [6, 6.07) is 0. The number of hydrogen-bond acceptors (Lipinski definition) is 4. The maximum Gasteiger partial charge on any atom is 0.354 e. The summed E-state index contributed by atoms with van der Waals surface area (Å²) in [6.07, 6.45) is 2.86. The molecular weight excluding hydrogens is 198 g/mol. The Balaban J connectivity index is 2.54. The van der Waals surface area contributed by atoms with Gasteiger partial charge in [-0.15, -0.1) is 10.2 Å². The number of aromatic nitrogens is 5. The van der Waals surface area contributed by atoms with E-state index in [0.29, 0.717) is 18.1 Å². The second-order valence-electron chi connectivity index (χ2n) is 2.87. The van der Waals surface area contributed by atoms with E-state index in [-0.39, 0.29) is 5.69 Å². The normalized spacial score (nSPS) is 10.5. The zero-order chi connectivity index (χ0) is 10.8. The number of hydrogen-bond donors (Lipinski definition) is 2. The molecule has 15 heavy (non-hydrogen) atoms. The van der Waals surface area contributed by atoms with Crippen LogP contribution in [0.2, 0.25) is 0 Å². The van der Waals surface area contributed by atoms with E-state index in [2.05, 4.69) is 20.2 Å². The number of rotatable bonds is 3. The Labute approximate surface area is 84.8 Å². The summed E-state index contributed by atoms with van der Waals surface area (Å²) in [6.45, 7) is 2.58. The van der Waals surface area contributed by atoms with Crippen LogP contribution in [0.5, 0.6) is 0 Å². The van der Waals surface area contributed by atoms with E-state index < -0.39 is 5.97 Å². The molecule has 0 amide bonds. The van der Waals surface area contributed by atoms with Gasteiger partial charge in [-0.05, 0) is 6.92 Å². The van der Waals surface area contributed by atoms with Crippen LogP contribution in [0, 0.1) is 0 Å². The van der Waals surface area contributed by atoms with Crippen molar-refractivity contribution in [3.05, 3.63) is 18.3 Å². The van der Waals surface area contributed by atoms with Gasteiger partial charge in [-0.2, -0.15) is 0 Å². The number of aryl methyl sites for hydroxylation is 1. The molecule has 0 saturated carbocycles. The van der Waals surface area contributed by atoms with Gasteiger partial charge >= 0.3 is 5.97 Å². The first-order chi connectivity index (χ1) is 7.24. The molecule has 2 N–H and O–H groups in total. The van der Waals surface area contributed by atoms with Crippen LogP contribution in [0.4, 0.5) is 0 Å². The first-order valence-corrected chi connectivity index (χ1v) is 4.39. The molecule has 2 rings (SSSR count). The van der Waals surface area contributed by atoms with Gasteiger partial charge in [0.2, 0.25) is 0 Å². The monoisotopic (exact) mass is 207 g/mol. The molecule has 0 radical (unpaired) electrons. The van der Waals surface area contributed by atoms with Gasteiger partial charge in [0.15, 0.2) is 11.5 Å². The van der Waals surface area contributed by atoms with Crippen LogP contribution in [0.15, 0.2) is 12.7 Å². The Morgan fingerprint density at radius 1 is 1.67 bits per heavy atom. The van der Waals surface area contributed by atoms with Gasteiger partial charge in [-0.25, -0.2) is 9.78 Å². The molecule has 0 atom stereocenters. The fraction of sp³-hybridized carbons (Fsp3) is 0.250. The predicted octanol–water partition coefficient (Wildman–Crippen LogP) is 0.386. The molecule has 0 bridgehead atoms. The highest BCUT2D eigenvalue weighted by molar-refractivity contribution is 5.91. The third-order valence-electron chi connectivity index (χ3n) is 2.02. The first kappa shape index (κ1) is 9.38. The maximum atomic E-state index is 10.8. The van der Waals surface area contributed by atoms with E-state index in [4.69, 9.17) is 5.11 Å². The molecule has 0 saturated heterocycles. The number of aromatic amines is 1. The van der Waals surface area contributed by atoms with Crippen molar-refractivity contribution in [3.63, 3.8) is 0 Å². The molecule has 7 nitrogen and oxygen atoms in total. The molecule has 0 aliphatic rings. The summed E-state index contributed by atoms with van der Waals surface area (Å²) in [5.74, 6) is -0.607. The van der Waals surface area contributed by atoms with Gasteiger partial charge in [-0.1, -0.05) is 0 Å². The first-order valence-electron chi connectivity index (χ1n) is 4.39. The minimum absolute atomic E-state index is 0.0256. The predicted molar refractivity (Wildman–Crippen MR) is 50.2 cm³/mol. The van der Waals surface area contributed by atoms with Gasteiger partial charge in [0, 0.05) is 6.54 Å². The highest BCUT2D eigenvalue weighted by Gasteiger charge is 2.18. The lowest BCUT2D eigenvalue weighted by Gasteiger charge is -2.00. The fourth-order valence-corrected chi connectivity index (χ4v) is 1.30. The molecular formula is C8H9N5O2. The Bertz CT molecular complexity index is 487. The van der Waals surface area contributed by atoms with Crippen LogP contribution in [-0.2, 0) is 6.54 Å².